The van der Waals surface area contributed by atoms with Crippen LogP contribution >= 0.6 is 35.7 Å². The highest BCUT2D eigenvalue weighted by molar-refractivity contribution is 14.0. The molecule has 1 heterocycles. The maximum absolute atomic E-state index is 12.3. The average Bonchev–Trinajstić information content (AvgIpc) is 2.72. The van der Waals surface area contributed by atoms with Gasteiger partial charge in [0.15, 0.2) is 5.96 Å². The summed E-state index contributed by atoms with van der Waals surface area (Å²) >= 11 is 1.78. The lowest BCUT2D eigenvalue weighted by Crippen LogP contribution is -2.44. The van der Waals surface area contributed by atoms with Crippen LogP contribution < -0.4 is 10.6 Å². The molecule has 6 nitrogen and oxygen atoms in total. The maximum Gasteiger partial charge on any atom is 0.241 e. The summed E-state index contributed by atoms with van der Waals surface area (Å²) in [5.74, 6) is 1.57. The maximum atomic E-state index is 12.3. The van der Waals surface area contributed by atoms with E-state index < -0.39 is 0 Å². The van der Waals surface area contributed by atoms with Crippen molar-refractivity contribution in [2.75, 3.05) is 39.5 Å². The van der Waals surface area contributed by atoms with Crippen LogP contribution in [0.1, 0.15) is 5.69 Å². The van der Waals surface area contributed by atoms with Crippen LogP contribution in [0.15, 0.2) is 64.6 Å². The number of amides is 1. The first-order valence-corrected chi connectivity index (χ1v) is 9.94. The minimum atomic E-state index is 0. The summed E-state index contributed by atoms with van der Waals surface area (Å²) in [4.78, 5) is 23.6. The number of pyridine rings is 1. The van der Waals surface area contributed by atoms with Gasteiger partial charge in [-0.25, -0.2) is 0 Å². The van der Waals surface area contributed by atoms with E-state index in [-0.39, 0.29) is 36.4 Å². The van der Waals surface area contributed by atoms with Gasteiger partial charge in [-0.1, -0.05) is 24.3 Å². The van der Waals surface area contributed by atoms with Gasteiger partial charge in [-0.15, -0.1) is 35.7 Å². The number of rotatable bonds is 9. The fourth-order valence-electron chi connectivity index (χ4n) is 2.32. The minimum Gasteiger partial charge on any atom is -0.356 e. The van der Waals surface area contributed by atoms with Gasteiger partial charge in [-0.3, -0.25) is 14.8 Å². The molecule has 1 aromatic carbocycles. The molecule has 8 heteroatoms. The molecule has 1 aromatic heterocycles. The van der Waals surface area contributed by atoms with Gasteiger partial charge in [0.2, 0.25) is 5.91 Å². The Morgan fingerprint density at radius 3 is 2.57 bits per heavy atom. The predicted molar refractivity (Wildman–Crippen MR) is 128 cm³/mol. The number of nitrogens with zero attached hydrogens (tertiary/aromatic N) is 3. The fraction of sp³-hybridized carbons (Fsp3) is 0.350. The Hall–Kier alpha value is -1.81. The van der Waals surface area contributed by atoms with Crippen molar-refractivity contribution in [1.82, 2.24) is 20.5 Å². The molecular formula is C20H28IN5OS. The van der Waals surface area contributed by atoms with E-state index in [1.54, 1.807) is 37.0 Å². The van der Waals surface area contributed by atoms with E-state index in [2.05, 4.69) is 32.7 Å². The molecule has 0 aliphatic rings. The van der Waals surface area contributed by atoms with Crippen molar-refractivity contribution in [2.45, 2.75) is 11.3 Å². The van der Waals surface area contributed by atoms with Crippen LogP contribution in [0.3, 0.4) is 0 Å². The molecular weight excluding hydrogens is 485 g/mol. The number of aliphatic imine (C=N–C) groups is 1. The zero-order valence-corrected chi connectivity index (χ0v) is 19.4. The SMILES string of the molecule is CN=C(NCCSc1ccccc1)NCC(=O)N(C)CCc1ccccn1.I. The monoisotopic (exact) mass is 513 g/mol. The Kier molecular flexibility index (Phi) is 12.3. The molecule has 2 rings (SSSR count). The molecule has 28 heavy (non-hydrogen) atoms. The third-order valence-corrected chi connectivity index (χ3v) is 4.91. The molecule has 2 aromatic rings. The molecule has 0 saturated carbocycles. The molecule has 0 spiro atoms. The predicted octanol–water partition coefficient (Wildman–Crippen LogP) is 2.66. The number of guanidine groups is 1. The second-order valence-electron chi connectivity index (χ2n) is 5.90. The van der Waals surface area contributed by atoms with Crippen LogP contribution in [0.4, 0.5) is 0 Å². The molecule has 0 radical (unpaired) electrons. The summed E-state index contributed by atoms with van der Waals surface area (Å²) in [7, 11) is 3.51. The number of likely N-dealkylation sites (N-methyl/N-ethyl adjacent to an activating group) is 1. The van der Waals surface area contributed by atoms with Crippen molar-refractivity contribution in [3.63, 3.8) is 0 Å². The van der Waals surface area contributed by atoms with E-state index in [0.29, 0.717) is 12.5 Å². The van der Waals surface area contributed by atoms with Crippen molar-refractivity contribution in [1.29, 1.82) is 0 Å². The Morgan fingerprint density at radius 2 is 1.89 bits per heavy atom. The topological polar surface area (TPSA) is 69.6 Å². The first-order valence-electron chi connectivity index (χ1n) is 8.95. The van der Waals surface area contributed by atoms with Gasteiger partial charge < -0.3 is 15.5 Å². The van der Waals surface area contributed by atoms with Gasteiger partial charge >= 0.3 is 0 Å². The zero-order chi connectivity index (χ0) is 19.3. The number of carbonyl (C=O) groups is 1. The lowest BCUT2D eigenvalue weighted by Gasteiger charge is -2.18. The zero-order valence-electron chi connectivity index (χ0n) is 16.3. The normalized spacial score (nSPS) is 10.7. The van der Waals surface area contributed by atoms with Crippen LogP contribution in [0.2, 0.25) is 0 Å². The second kappa shape index (κ2) is 14.2. The van der Waals surface area contributed by atoms with Crippen LogP contribution in [0, 0.1) is 0 Å². The summed E-state index contributed by atoms with van der Waals surface area (Å²) in [6.45, 7) is 1.62. The molecule has 152 valence electrons. The largest absolute Gasteiger partial charge is 0.356 e. The van der Waals surface area contributed by atoms with E-state index >= 15 is 0 Å². The van der Waals surface area contributed by atoms with Gasteiger partial charge in [0.1, 0.15) is 0 Å². The smallest absolute Gasteiger partial charge is 0.241 e. The fourth-order valence-corrected chi connectivity index (χ4v) is 3.11. The first kappa shape index (κ1) is 24.2. The Labute approximate surface area is 188 Å². The molecule has 0 bridgehead atoms. The van der Waals surface area contributed by atoms with Gasteiger partial charge in [0.25, 0.3) is 0 Å². The summed E-state index contributed by atoms with van der Waals surface area (Å²) in [6, 6.07) is 16.1. The van der Waals surface area contributed by atoms with Crippen LogP contribution in [0.5, 0.6) is 0 Å². The molecule has 0 atom stereocenters. The van der Waals surface area contributed by atoms with E-state index in [1.807, 2.05) is 36.4 Å². The van der Waals surface area contributed by atoms with E-state index in [1.165, 1.54) is 4.90 Å². The van der Waals surface area contributed by atoms with Crippen molar-refractivity contribution in [3.05, 3.63) is 60.4 Å². The number of nitrogens with one attached hydrogen (secondary N) is 2. The summed E-state index contributed by atoms with van der Waals surface area (Å²) in [5, 5.41) is 6.30. The Bertz CT molecular complexity index is 715. The number of hydrogen-bond acceptors (Lipinski definition) is 4. The molecule has 0 aliphatic heterocycles. The van der Waals surface area contributed by atoms with Crippen molar-refractivity contribution in [2.24, 2.45) is 4.99 Å². The molecule has 0 aliphatic carbocycles. The van der Waals surface area contributed by atoms with Crippen molar-refractivity contribution >= 4 is 47.6 Å². The first-order chi connectivity index (χ1) is 13.2. The van der Waals surface area contributed by atoms with Crippen LogP contribution in [-0.4, -0.2) is 61.2 Å². The molecule has 2 N–H and O–H groups in total. The molecule has 1 amide bonds. The lowest BCUT2D eigenvalue weighted by molar-refractivity contribution is -0.128. The van der Waals surface area contributed by atoms with Gasteiger partial charge in [0.05, 0.1) is 6.54 Å². The quantitative estimate of drug-likeness (QED) is 0.178. The number of halogens is 1. The highest BCUT2D eigenvalue weighted by Gasteiger charge is 2.09. The van der Waals surface area contributed by atoms with Crippen molar-refractivity contribution in [3.8, 4) is 0 Å². The van der Waals surface area contributed by atoms with Crippen LogP contribution in [0.25, 0.3) is 0 Å². The number of aromatic nitrogens is 1. The number of thioether (sulfide) groups is 1. The average molecular weight is 513 g/mol. The van der Waals surface area contributed by atoms with E-state index in [4.69, 9.17) is 0 Å². The second-order valence-corrected chi connectivity index (χ2v) is 7.07. The Balaban J connectivity index is 0.00000392. The third-order valence-electron chi connectivity index (χ3n) is 3.89. The number of hydrogen-bond donors (Lipinski definition) is 2. The third kappa shape index (κ3) is 9.41. The van der Waals surface area contributed by atoms with E-state index in [0.717, 1.165) is 24.4 Å². The van der Waals surface area contributed by atoms with Gasteiger partial charge in [0, 0.05) is 56.1 Å². The number of benzene rings is 1. The highest BCUT2D eigenvalue weighted by Crippen LogP contribution is 2.15. The molecule has 0 saturated heterocycles. The van der Waals surface area contributed by atoms with Gasteiger partial charge in [-0.05, 0) is 24.3 Å². The lowest BCUT2D eigenvalue weighted by atomic mass is 10.2. The van der Waals surface area contributed by atoms with Gasteiger partial charge in [-0.2, -0.15) is 0 Å². The minimum absolute atomic E-state index is 0. The standard InChI is InChI=1S/C20H27N5OS.HI/c1-21-20(23-13-15-27-18-9-4-3-5-10-18)24-16-19(26)25(2)14-11-17-8-6-7-12-22-17;/h3-10,12H,11,13-16H2,1-2H3,(H2,21,23,24);1H. The summed E-state index contributed by atoms with van der Waals surface area (Å²) in [6.07, 6.45) is 2.51. The van der Waals surface area contributed by atoms with Crippen LogP contribution in [-0.2, 0) is 11.2 Å². The molecule has 0 unspecified atom stereocenters. The molecule has 0 fully saturated rings. The number of carbonyl (C=O) groups excluding carboxylic acids is 1. The van der Waals surface area contributed by atoms with Crippen molar-refractivity contribution < 1.29 is 4.79 Å². The highest BCUT2D eigenvalue weighted by atomic mass is 127. The summed E-state index contributed by atoms with van der Waals surface area (Å²) < 4.78 is 0. The van der Waals surface area contributed by atoms with E-state index in [9.17, 15) is 4.79 Å². The Morgan fingerprint density at radius 1 is 1.14 bits per heavy atom. The summed E-state index contributed by atoms with van der Waals surface area (Å²) in [5.41, 5.74) is 0.985.